The lowest BCUT2D eigenvalue weighted by Crippen LogP contribution is -2.75. The molecule has 13 nitrogen and oxygen atoms in total. The van der Waals surface area contributed by atoms with Crippen molar-refractivity contribution < 1.29 is 57.8 Å². The van der Waals surface area contributed by atoms with Crippen LogP contribution in [0.5, 0.6) is 0 Å². The monoisotopic (exact) mass is 777 g/mol. The van der Waals surface area contributed by atoms with E-state index in [0.717, 1.165) is 0 Å². The first-order valence-electron chi connectivity index (χ1n) is 19.1. The van der Waals surface area contributed by atoms with Crippen LogP contribution in [0.1, 0.15) is 83.3 Å². The van der Waals surface area contributed by atoms with Gasteiger partial charge in [-0.05, 0) is 63.5 Å². The van der Waals surface area contributed by atoms with E-state index >= 15 is 4.79 Å². The number of alkyl carbamates (subject to hydrolysis) is 1. The first-order chi connectivity index (χ1) is 26.3. The third-order valence-electron chi connectivity index (χ3n) is 12.6. The number of esters is 2. The third-order valence-corrected chi connectivity index (χ3v) is 12.6. The normalized spacial score (nSPS) is 33.3. The number of fused-ring (bicyclic) bond motifs is 5. The zero-order valence-corrected chi connectivity index (χ0v) is 33.6. The SMILES string of the molecule is CO[C@H]1C(=O)[C@@]2(C)C(C(OC(=O)c3ccccc3)[C@]3(O)C[C@H](OC(=O)[C@H](O)C(NC(=O)OC(C)(C)C)c4ccccc4)C(C)=C1C3(C)C)[C@@H]1CO[C@@H]1C[C@@H]2OC. The van der Waals surface area contributed by atoms with Gasteiger partial charge in [0.1, 0.15) is 29.5 Å². The highest BCUT2D eigenvalue weighted by atomic mass is 16.6. The highest BCUT2D eigenvalue weighted by molar-refractivity contribution is 5.94. The van der Waals surface area contributed by atoms with Crippen LogP contribution in [0.3, 0.4) is 0 Å². The summed E-state index contributed by atoms with van der Waals surface area (Å²) in [6.45, 7) is 12.4. The van der Waals surface area contributed by atoms with Crippen LogP contribution in [0.15, 0.2) is 71.8 Å². The fraction of sp³-hybridized carbons (Fsp3) is 0.581. The molecule has 0 radical (unpaired) electrons. The second-order valence-electron chi connectivity index (χ2n) is 17.2. The summed E-state index contributed by atoms with van der Waals surface area (Å²) in [4.78, 5) is 56.4. The predicted molar refractivity (Wildman–Crippen MR) is 202 cm³/mol. The maximum atomic E-state index is 15.3. The number of amides is 1. The fourth-order valence-corrected chi connectivity index (χ4v) is 9.62. The molecule has 1 heterocycles. The second kappa shape index (κ2) is 15.3. The highest BCUT2D eigenvalue weighted by Crippen LogP contribution is 2.63. The lowest BCUT2D eigenvalue weighted by atomic mass is 9.46. The highest BCUT2D eigenvalue weighted by Gasteiger charge is 2.72. The summed E-state index contributed by atoms with van der Waals surface area (Å²) >= 11 is 0. The second-order valence-corrected chi connectivity index (χ2v) is 17.2. The number of nitrogens with one attached hydrogen (secondary N) is 1. The molecular weight excluding hydrogens is 722 g/mol. The summed E-state index contributed by atoms with van der Waals surface area (Å²) in [5.74, 6) is -3.26. The molecule has 2 saturated carbocycles. The molecule has 1 aliphatic heterocycles. The van der Waals surface area contributed by atoms with E-state index in [1.807, 2.05) is 0 Å². The van der Waals surface area contributed by atoms with E-state index < -0.39 is 82.5 Å². The van der Waals surface area contributed by atoms with E-state index in [-0.39, 0.29) is 36.4 Å². The van der Waals surface area contributed by atoms with Crippen molar-refractivity contribution in [2.75, 3.05) is 20.8 Å². The summed E-state index contributed by atoms with van der Waals surface area (Å²) in [6, 6.07) is 15.5. The molecule has 2 aromatic carbocycles. The molecule has 3 fully saturated rings. The van der Waals surface area contributed by atoms with E-state index in [2.05, 4.69) is 5.32 Å². The van der Waals surface area contributed by atoms with E-state index in [0.29, 0.717) is 23.1 Å². The average molecular weight is 778 g/mol. The minimum atomic E-state index is -1.99. The molecule has 3 N–H and O–H groups in total. The Morgan fingerprint density at radius 2 is 1.57 bits per heavy atom. The molecular formula is C43H55NO12. The Labute approximate surface area is 328 Å². The van der Waals surface area contributed by atoms with Gasteiger partial charge in [-0.1, -0.05) is 62.4 Å². The van der Waals surface area contributed by atoms with Gasteiger partial charge in [-0.3, -0.25) is 4.79 Å². The van der Waals surface area contributed by atoms with Crippen LogP contribution >= 0.6 is 0 Å². The van der Waals surface area contributed by atoms with Crippen molar-refractivity contribution in [1.82, 2.24) is 5.32 Å². The first kappa shape index (κ1) is 41.5. The van der Waals surface area contributed by atoms with Gasteiger partial charge in [0.15, 0.2) is 11.9 Å². The molecule has 4 aliphatic rings. The zero-order chi connectivity index (χ0) is 41.0. The Morgan fingerprint density at radius 3 is 2.12 bits per heavy atom. The molecule has 56 heavy (non-hydrogen) atoms. The summed E-state index contributed by atoms with van der Waals surface area (Å²) in [5.41, 5.74) is -4.03. The number of ketones is 1. The van der Waals surface area contributed by atoms with Crippen LogP contribution in [-0.4, -0.2) is 103 Å². The third kappa shape index (κ3) is 7.06. The molecule has 2 bridgehead atoms. The lowest BCUT2D eigenvalue weighted by Gasteiger charge is -2.65. The van der Waals surface area contributed by atoms with Crippen molar-refractivity contribution >= 4 is 23.8 Å². The van der Waals surface area contributed by atoms with Crippen LogP contribution in [0, 0.1) is 22.7 Å². The average Bonchev–Trinajstić information content (AvgIpc) is 3.14. The maximum absolute atomic E-state index is 15.3. The predicted octanol–water partition coefficient (Wildman–Crippen LogP) is 4.88. The Morgan fingerprint density at radius 1 is 0.946 bits per heavy atom. The van der Waals surface area contributed by atoms with Gasteiger partial charge in [0.05, 0.1) is 35.8 Å². The van der Waals surface area contributed by atoms with Crippen LogP contribution in [0.25, 0.3) is 0 Å². The Kier molecular flexibility index (Phi) is 11.3. The van der Waals surface area contributed by atoms with Crippen molar-refractivity contribution in [2.24, 2.45) is 22.7 Å². The molecule has 0 spiro atoms. The van der Waals surface area contributed by atoms with Gasteiger partial charge in [0.2, 0.25) is 0 Å². The Hall–Kier alpha value is -4.14. The van der Waals surface area contributed by atoms with Gasteiger partial charge in [0, 0.05) is 44.3 Å². The number of methoxy groups -OCH3 is 2. The number of rotatable bonds is 9. The number of hydrogen-bond acceptors (Lipinski definition) is 12. The van der Waals surface area contributed by atoms with Crippen molar-refractivity contribution in [1.29, 1.82) is 0 Å². The van der Waals surface area contributed by atoms with Gasteiger partial charge in [-0.15, -0.1) is 0 Å². The van der Waals surface area contributed by atoms with Crippen molar-refractivity contribution in [3.63, 3.8) is 0 Å². The van der Waals surface area contributed by atoms with Gasteiger partial charge < -0.3 is 44.0 Å². The van der Waals surface area contributed by atoms with Gasteiger partial charge in [0.25, 0.3) is 0 Å². The van der Waals surface area contributed by atoms with Gasteiger partial charge in [-0.25, -0.2) is 14.4 Å². The van der Waals surface area contributed by atoms with Gasteiger partial charge >= 0.3 is 18.0 Å². The molecule has 6 rings (SSSR count). The number of carbonyl (C=O) groups excluding carboxylic acids is 4. The zero-order valence-electron chi connectivity index (χ0n) is 33.6. The minimum absolute atomic E-state index is 0.248. The Balaban J connectivity index is 1.46. The number of Topliss-reactive ketones (excluding diaryl/α,β-unsaturated/α-hetero) is 1. The first-order valence-corrected chi connectivity index (χ1v) is 19.1. The molecule has 2 aromatic rings. The van der Waals surface area contributed by atoms with Crippen LogP contribution in [-0.2, 0) is 38.0 Å². The van der Waals surface area contributed by atoms with E-state index in [1.165, 1.54) is 14.2 Å². The van der Waals surface area contributed by atoms with Crippen LogP contribution in [0.2, 0.25) is 0 Å². The molecule has 1 saturated heterocycles. The fourth-order valence-electron chi connectivity index (χ4n) is 9.62. The minimum Gasteiger partial charge on any atom is -0.456 e. The van der Waals surface area contributed by atoms with E-state index in [9.17, 15) is 24.6 Å². The summed E-state index contributed by atoms with van der Waals surface area (Å²) < 4.78 is 36.1. The number of aliphatic hydroxyl groups is 2. The summed E-state index contributed by atoms with van der Waals surface area (Å²) in [5, 5.41) is 27.7. The molecule has 13 heteroatoms. The number of ether oxygens (including phenoxy) is 6. The number of hydrogen-bond donors (Lipinski definition) is 3. The Bertz CT molecular complexity index is 1840. The van der Waals surface area contributed by atoms with Crippen LogP contribution < -0.4 is 5.32 Å². The van der Waals surface area contributed by atoms with Crippen molar-refractivity contribution in [3.8, 4) is 0 Å². The molecule has 3 aliphatic carbocycles. The standard InChI is InChI=1S/C43H55NO12/c1-23-28(54-38(48)33(45)32(24-16-12-10-13-17-24)44-39(49)56-40(2,3)4)21-43(50)36(55-37(47)25-18-14-11-15-19-25)31-26-22-53-27(26)20-29(51-8)42(31,7)35(46)34(52-9)30(23)41(43,5)6/h10-19,26-29,31-34,36,45,50H,20-22H2,1-9H3,(H,44,49)/t26-,27-,28+,29+,31?,32?,33-,34-,36?,42-,43-/m1/s1. The number of aliphatic hydroxyl groups excluding tert-OH is 1. The number of carbonyl (C=O) groups is 4. The molecule has 11 atom stereocenters. The molecule has 3 unspecified atom stereocenters. The molecule has 1 amide bonds. The van der Waals surface area contributed by atoms with Crippen LogP contribution in [0.4, 0.5) is 4.79 Å². The van der Waals surface area contributed by atoms with Crippen molar-refractivity contribution in [3.05, 3.63) is 82.9 Å². The van der Waals surface area contributed by atoms with E-state index in [4.69, 9.17) is 28.4 Å². The number of benzene rings is 2. The molecule has 0 aromatic heterocycles. The summed E-state index contributed by atoms with van der Waals surface area (Å²) in [6.07, 6.45) is -7.45. The van der Waals surface area contributed by atoms with Crippen molar-refractivity contribution in [2.45, 2.75) is 115 Å². The van der Waals surface area contributed by atoms with Gasteiger partial charge in [-0.2, -0.15) is 0 Å². The largest absolute Gasteiger partial charge is 0.456 e. The van der Waals surface area contributed by atoms with E-state index in [1.54, 1.807) is 109 Å². The lowest BCUT2D eigenvalue weighted by molar-refractivity contribution is -0.280. The quantitative estimate of drug-likeness (QED) is 0.179. The maximum Gasteiger partial charge on any atom is 0.408 e. The molecule has 304 valence electrons. The summed E-state index contributed by atoms with van der Waals surface area (Å²) in [7, 11) is 2.94. The topological polar surface area (TPSA) is 176 Å². The smallest absolute Gasteiger partial charge is 0.408 e.